The molecule has 1 aromatic rings. The zero-order chi connectivity index (χ0) is 11.6. The number of nitro groups is 2. The predicted molar refractivity (Wildman–Crippen MR) is 44.6 cm³/mol. The van der Waals surface area contributed by atoms with Crippen LogP contribution in [0.3, 0.4) is 0 Å². The SMILES string of the molecule is O=Cc1c([N+](=O)[O-])ccc([O-])c1[N+](=O)[O-]. The minimum absolute atomic E-state index is 0.0718. The average Bonchev–Trinajstić information content (AvgIpc) is 2.15. The Morgan fingerprint density at radius 2 is 1.73 bits per heavy atom. The molecule has 8 nitrogen and oxygen atoms in total. The van der Waals surface area contributed by atoms with Crippen LogP contribution < -0.4 is 5.11 Å². The van der Waals surface area contributed by atoms with Gasteiger partial charge in [0.05, 0.1) is 9.85 Å². The summed E-state index contributed by atoms with van der Waals surface area (Å²) in [6.07, 6.45) is -0.0718. The van der Waals surface area contributed by atoms with Gasteiger partial charge < -0.3 is 5.11 Å². The summed E-state index contributed by atoms with van der Waals surface area (Å²) in [6.45, 7) is 0. The van der Waals surface area contributed by atoms with Crippen molar-refractivity contribution in [2.24, 2.45) is 0 Å². The van der Waals surface area contributed by atoms with E-state index in [1.807, 2.05) is 0 Å². The number of carbonyl (C=O) groups is 1. The van der Waals surface area contributed by atoms with E-state index in [9.17, 15) is 30.1 Å². The summed E-state index contributed by atoms with van der Waals surface area (Å²) >= 11 is 0. The van der Waals surface area contributed by atoms with Crippen LogP contribution in [0.2, 0.25) is 0 Å². The maximum absolute atomic E-state index is 11.0. The molecule has 8 heteroatoms. The number of hydrogen-bond donors (Lipinski definition) is 0. The maximum Gasteiger partial charge on any atom is 0.286 e. The minimum Gasteiger partial charge on any atom is -0.868 e. The zero-order valence-corrected chi connectivity index (χ0v) is 7.08. The number of nitro benzene ring substituents is 2. The van der Waals surface area contributed by atoms with Crippen molar-refractivity contribution >= 4 is 17.7 Å². The van der Waals surface area contributed by atoms with Crippen molar-refractivity contribution in [2.75, 3.05) is 0 Å². The molecule has 15 heavy (non-hydrogen) atoms. The van der Waals surface area contributed by atoms with Gasteiger partial charge in [-0.05, 0) is 5.75 Å². The van der Waals surface area contributed by atoms with Gasteiger partial charge in [0.1, 0.15) is 0 Å². The Morgan fingerprint density at radius 3 is 2.13 bits per heavy atom. The molecule has 78 valence electrons. The summed E-state index contributed by atoms with van der Waals surface area (Å²) < 4.78 is 0. The van der Waals surface area contributed by atoms with E-state index in [0.717, 1.165) is 6.07 Å². The Bertz CT molecular complexity index is 455. The highest BCUT2D eigenvalue weighted by Gasteiger charge is 2.24. The highest BCUT2D eigenvalue weighted by molar-refractivity contribution is 5.89. The van der Waals surface area contributed by atoms with Crippen molar-refractivity contribution in [1.82, 2.24) is 0 Å². The van der Waals surface area contributed by atoms with Gasteiger partial charge >= 0.3 is 0 Å². The zero-order valence-electron chi connectivity index (χ0n) is 7.08. The van der Waals surface area contributed by atoms with Gasteiger partial charge in [0.2, 0.25) is 0 Å². The third kappa shape index (κ3) is 1.73. The lowest BCUT2D eigenvalue weighted by Crippen LogP contribution is -2.04. The van der Waals surface area contributed by atoms with E-state index >= 15 is 0 Å². The van der Waals surface area contributed by atoms with Crippen LogP contribution in [-0.2, 0) is 0 Å². The highest BCUT2D eigenvalue weighted by Crippen LogP contribution is 2.32. The van der Waals surface area contributed by atoms with Crippen molar-refractivity contribution in [1.29, 1.82) is 0 Å². The standard InChI is InChI=1S/C7H4N2O6/c10-3-4-5(8(12)13)1-2-6(11)7(4)9(14)15/h1-3,11H/p-1. The summed E-state index contributed by atoms with van der Waals surface area (Å²) in [6, 6.07) is 1.45. The first-order valence-corrected chi connectivity index (χ1v) is 3.57. The lowest BCUT2D eigenvalue weighted by Gasteiger charge is -2.07. The summed E-state index contributed by atoms with van der Waals surface area (Å²) in [5.74, 6) is -1.03. The summed E-state index contributed by atoms with van der Waals surface area (Å²) in [7, 11) is 0. The molecule has 0 saturated carbocycles. The van der Waals surface area contributed by atoms with Crippen LogP contribution in [0.4, 0.5) is 11.4 Å². The number of aldehydes is 1. The quantitative estimate of drug-likeness (QED) is 0.404. The molecule has 1 rings (SSSR count). The normalized spacial score (nSPS) is 9.60. The molecule has 0 bridgehead atoms. The number of rotatable bonds is 3. The summed E-state index contributed by atoms with van der Waals surface area (Å²) in [5.41, 5.74) is -2.63. The number of carbonyl (C=O) groups excluding carboxylic acids is 1. The van der Waals surface area contributed by atoms with E-state index in [2.05, 4.69) is 0 Å². The molecule has 0 radical (unpaired) electrons. The van der Waals surface area contributed by atoms with E-state index in [4.69, 9.17) is 0 Å². The molecule has 1 aromatic carbocycles. The van der Waals surface area contributed by atoms with Gasteiger partial charge in [0, 0.05) is 6.07 Å². The van der Waals surface area contributed by atoms with Gasteiger partial charge in [-0.2, -0.15) is 0 Å². The first-order valence-electron chi connectivity index (χ1n) is 3.57. The van der Waals surface area contributed by atoms with Crippen LogP contribution in [0.15, 0.2) is 12.1 Å². The summed E-state index contributed by atoms with van der Waals surface area (Å²) in [4.78, 5) is 29.2. The molecule has 0 atom stereocenters. The molecule has 0 fully saturated rings. The molecule has 0 N–H and O–H groups in total. The highest BCUT2D eigenvalue weighted by atomic mass is 16.6. The molecule has 0 amide bonds. The van der Waals surface area contributed by atoms with Gasteiger partial charge in [-0.3, -0.25) is 25.0 Å². The first kappa shape index (κ1) is 10.6. The molecule has 0 aliphatic carbocycles. The Morgan fingerprint density at radius 1 is 1.13 bits per heavy atom. The van der Waals surface area contributed by atoms with Crippen molar-refractivity contribution < 1.29 is 19.7 Å². The number of hydrogen-bond acceptors (Lipinski definition) is 6. The largest absolute Gasteiger partial charge is 0.868 e. The molecule has 0 aromatic heterocycles. The van der Waals surface area contributed by atoms with E-state index in [1.165, 1.54) is 0 Å². The van der Waals surface area contributed by atoms with Crippen molar-refractivity contribution in [2.45, 2.75) is 0 Å². The average molecular weight is 211 g/mol. The molecule has 0 aliphatic heterocycles. The second-order valence-corrected chi connectivity index (χ2v) is 2.48. The molecular formula is C7H3N2O6-. The van der Waals surface area contributed by atoms with Crippen LogP contribution in [0.5, 0.6) is 5.75 Å². The fourth-order valence-electron chi connectivity index (χ4n) is 1.04. The van der Waals surface area contributed by atoms with Crippen LogP contribution in [0.1, 0.15) is 10.4 Å². The van der Waals surface area contributed by atoms with Crippen LogP contribution in [0, 0.1) is 20.2 Å². The van der Waals surface area contributed by atoms with E-state index in [1.54, 1.807) is 0 Å². The molecule has 0 aliphatic rings. The topological polar surface area (TPSA) is 126 Å². The van der Waals surface area contributed by atoms with Crippen molar-refractivity contribution in [3.05, 3.63) is 37.9 Å². The van der Waals surface area contributed by atoms with Gasteiger partial charge in [-0.25, -0.2) is 0 Å². The monoisotopic (exact) mass is 211 g/mol. The molecule has 0 saturated heterocycles. The van der Waals surface area contributed by atoms with Gasteiger partial charge in [0.25, 0.3) is 11.4 Å². The fraction of sp³-hybridized carbons (Fsp3) is 0. The number of nitrogens with zero attached hydrogens (tertiary/aromatic N) is 2. The Hall–Kier alpha value is -2.51. The van der Waals surface area contributed by atoms with E-state index in [0.29, 0.717) is 6.07 Å². The molecular weight excluding hydrogens is 208 g/mol. The lowest BCUT2D eigenvalue weighted by molar-refractivity contribution is -0.403. The second-order valence-electron chi connectivity index (χ2n) is 2.48. The third-order valence-electron chi connectivity index (χ3n) is 1.65. The van der Waals surface area contributed by atoms with Gasteiger partial charge in [0.15, 0.2) is 11.8 Å². The maximum atomic E-state index is 11.0. The van der Waals surface area contributed by atoms with Crippen LogP contribution >= 0.6 is 0 Å². The Labute approximate surface area is 82.1 Å². The second kappa shape index (κ2) is 3.70. The minimum atomic E-state index is -1.11. The fourth-order valence-corrected chi connectivity index (χ4v) is 1.04. The predicted octanol–water partition coefficient (Wildman–Crippen LogP) is 0.389. The Balaban J connectivity index is 3.61. The summed E-state index contributed by atoms with van der Waals surface area (Å²) in [5, 5.41) is 31.8. The van der Waals surface area contributed by atoms with Crippen molar-refractivity contribution in [3.63, 3.8) is 0 Å². The van der Waals surface area contributed by atoms with E-state index < -0.39 is 32.5 Å². The third-order valence-corrected chi connectivity index (χ3v) is 1.65. The molecule has 0 heterocycles. The lowest BCUT2D eigenvalue weighted by atomic mass is 10.1. The Kier molecular flexibility index (Phi) is 2.61. The molecule has 0 unspecified atom stereocenters. The van der Waals surface area contributed by atoms with Crippen molar-refractivity contribution in [3.8, 4) is 5.75 Å². The molecule has 0 spiro atoms. The number of benzene rings is 1. The smallest absolute Gasteiger partial charge is 0.286 e. The van der Waals surface area contributed by atoms with Crippen LogP contribution in [0.25, 0.3) is 0 Å². The van der Waals surface area contributed by atoms with Crippen LogP contribution in [-0.4, -0.2) is 16.1 Å². The van der Waals surface area contributed by atoms with Gasteiger partial charge in [-0.15, -0.1) is 0 Å². The first-order chi connectivity index (χ1) is 6.99. The van der Waals surface area contributed by atoms with E-state index in [-0.39, 0.29) is 6.29 Å². The van der Waals surface area contributed by atoms with Gasteiger partial charge in [-0.1, -0.05) is 6.07 Å².